The molecule has 0 aliphatic carbocycles. The van der Waals surface area contributed by atoms with Gasteiger partial charge < -0.3 is 14.8 Å². The summed E-state index contributed by atoms with van der Waals surface area (Å²) in [6.45, 7) is 2.15. The topological polar surface area (TPSA) is 74.1 Å². The van der Waals surface area contributed by atoms with Crippen LogP contribution in [0, 0.1) is 0 Å². The number of tetrazole rings is 1. The lowest BCUT2D eigenvalue weighted by atomic mass is 10.00. The van der Waals surface area contributed by atoms with Crippen LogP contribution in [-0.4, -0.2) is 34.4 Å². The van der Waals surface area contributed by atoms with E-state index in [1.165, 1.54) is 5.56 Å². The van der Waals surface area contributed by atoms with Crippen LogP contribution in [0.25, 0.3) is 5.70 Å². The van der Waals surface area contributed by atoms with Crippen molar-refractivity contribution in [1.82, 2.24) is 20.2 Å². The van der Waals surface area contributed by atoms with Gasteiger partial charge in [0.15, 0.2) is 0 Å². The van der Waals surface area contributed by atoms with Crippen molar-refractivity contribution in [3.63, 3.8) is 0 Å². The summed E-state index contributed by atoms with van der Waals surface area (Å²) >= 11 is 0. The van der Waals surface area contributed by atoms with Gasteiger partial charge in [-0.3, -0.25) is 0 Å². The fraction of sp³-hybridized carbons (Fsp3) is 0.250. The van der Waals surface area contributed by atoms with E-state index in [0.717, 1.165) is 34.7 Å². The van der Waals surface area contributed by atoms with Crippen LogP contribution in [0.1, 0.15) is 29.7 Å². The third-order valence-electron chi connectivity index (χ3n) is 4.76. The first-order valence-electron chi connectivity index (χ1n) is 8.81. The minimum atomic E-state index is -0.220. The number of anilines is 1. The van der Waals surface area contributed by atoms with Crippen molar-refractivity contribution >= 4 is 11.6 Å². The molecule has 0 spiro atoms. The summed E-state index contributed by atoms with van der Waals surface area (Å²) in [6.07, 6.45) is 3.11. The number of aromatic nitrogens is 4. The molecule has 0 saturated heterocycles. The van der Waals surface area contributed by atoms with Crippen LogP contribution in [0.5, 0.6) is 11.5 Å². The summed E-state index contributed by atoms with van der Waals surface area (Å²) < 4.78 is 12.7. The van der Waals surface area contributed by atoms with Crippen molar-refractivity contribution in [1.29, 1.82) is 0 Å². The molecule has 138 valence electrons. The molecule has 1 N–H and O–H groups in total. The van der Waals surface area contributed by atoms with E-state index in [1.54, 1.807) is 18.9 Å². The number of hydrogen-bond donors (Lipinski definition) is 1. The van der Waals surface area contributed by atoms with E-state index >= 15 is 0 Å². The Hall–Kier alpha value is -3.35. The zero-order chi connectivity index (χ0) is 18.8. The second-order valence-corrected chi connectivity index (χ2v) is 6.26. The number of benzene rings is 2. The Balaban J connectivity index is 1.82. The number of rotatable bonds is 5. The van der Waals surface area contributed by atoms with Gasteiger partial charge in [-0.05, 0) is 52.2 Å². The van der Waals surface area contributed by atoms with Crippen LogP contribution in [0.4, 0.5) is 5.95 Å². The van der Waals surface area contributed by atoms with Crippen molar-refractivity contribution in [2.75, 3.05) is 19.5 Å². The van der Waals surface area contributed by atoms with Gasteiger partial charge in [-0.25, -0.2) is 0 Å². The molecule has 2 heterocycles. The molecule has 0 radical (unpaired) electrons. The van der Waals surface area contributed by atoms with Gasteiger partial charge in [0.1, 0.15) is 17.5 Å². The lowest BCUT2D eigenvalue weighted by Crippen LogP contribution is -2.20. The predicted octanol–water partition coefficient (Wildman–Crippen LogP) is 3.31. The SMILES string of the molecule is CCc1ccc(C2=CC(c3cc(OC)ccc3OC)n3nnnc3N2)cc1. The maximum absolute atomic E-state index is 5.57. The van der Waals surface area contributed by atoms with Crippen LogP contribution < -0.4 is 14.8 Å². The van der Waals surface area contributed by atoms with Crippen molar-refractivity contribution in [3.05, 3.63) is 65.2 Å². The normalized spacial score (nSPS) is 15.5. The Morgan fingerprint density at radius 2 is 1.89 bits per heavy atom. The number of methoxy groups -OCH3 is 2. The molecule has 1 unspecified atom stereocenters. The van der Waals surface area contributed by atoms with Crippen LogP contribution in [0.2, 0.25) is 0 Å². The summed E-state index contributed by atoms with van der Waals surface area (Å²) in [5, 5.41) is 15.4. The fourth-order valence-corrected chi connectivity index (χ4v) is 3.23. The van der Waals surface area contributed by atoms with Gasteiger partial charge in [-0.1, -0.05) is 36.3 Å². The lowest BCUT2D eigenvalue weighted by Gasteiger charge is -2.25. The van der Waals surface area contributed by atoms with Gasteiger partial charge in [-0.15, -0.1) is 0 Å². The molecule has 27 heavy (non-hydrogen) atoms. The fourth-order valence-electron chi connectivity index (χ4n) is 3.23. The highest BCUT2D eigenvalue weighted by molar-refractivity contribution is 5.77. The average molecular weight is 363 g/mol. The van der Waals surface area contributed by atoms with Gasteiger partial charge >= 0.3 is 0 Å². The molecule has 1 atom stereocenters. The van der Waals surface area contributed by atoms with Crippen LogP contribution in [-0.2, 0) is 6.42 Å². The highest BCUT2D eigenvalue weighted by Crippen LogP contribution is 2.37. The van der Waals surface area contributed by atoms with Crippen molar-refractivity contribution in [2.24, 2.45) is 0 Å². The number of ether oxygens (including phenoxy) is 2. The molecule has 0 fully saturated rings. The third-order valence-corrected chi connectivity index (χ3v) is 4.76. The van der Waals surface area contributed by atoms with Crippen molar-refractivity contribution < 1.29 is 9.47 Å². The summed E-state index contributed by atoms with van der Waals surface area (Å²) in [6, 6.07) is 14.0. The molecule has 4 rings (SSSR count). The average Bonchev–Trinajstić information content (AvgIpc) is 3.21. The zero-order valence-corrected chi connectivity index (χ0v) is 15.5. The maximum atomic E-state index is 5.57. The molecule has 7 heteroatoms. The molecule has 2 aromatic carbocycles. The number of fused-ring (bicyclic) bond motifs is 1. The van der Waals surface area contributed by atoms with Gasteiger partial charge in [-0.2, -0.15) is 4.68 Å². The molecular weight excluding hydrogens is 342 g/mol. The van der Waals surface area contributed by atoms with Crippen molar-refractivity contribution in [2.45, 2.75) is 19.4 Å². The first-order chi connectivity index (χ1) is 13.2. The van der Waals surface area contributed by atoms with E-state index in [0.29, 0.717) is 5.95 Å². The summed E-state index contributed by atoms with van der Waals surface area (Å²) in [5.41, 5.74) is 4.25. The summed E-state index contributed by atoms with van der Waals surface area (Å²) in [4.78, 5) is 0. The Labute approximate surface area is 157 Å². The quantitative estimate of drug-likeness (QED) is 0.750. The molecule has 0 amide bonds. The molecule has 1 aromatic heterocycles. The zero-order valence-electron chi connectivity index (χ0n) is 15.5. The first kappa shape index (κ1) is 17.1. The maximum Gasteiger partial charge on any atom is 0.248 e. The molecule has 0 saturated carbocycles. The summed E-state index contributed by atoms with van der Waals surface area (Å²) in [7, 11) is 3.30. The Morgan fingerprint density at radius 3 is 2.59 bits per heavy atom. The van der Waals surface area contributed by atoms with Gasteiger partial charge in [0.05, 0.1) is 14.2 Å². The number of hydrogen-bond acceptors (Lipinski definition) is 6. The monoisotopic (exact) mass is 363 g/mol. The molecule has 0 bridgehead atoms. The highest BCUT2D eigenvalue weighted by atomic mass is 16.5. The van der Waals surface area contributed by atoms with E-state index in [1.807, 2.05) is 18.2 Å². The van der Waals surface area contributed by atoms with Crippen LogP contribution in [0.3, 0.4) is 0 Å². The van der Waals surface area contributed by atoms with E-state index < -0.39 is 0 Å². The van der Waals surface area contributed by atoms with Gasteiger partial charge in [0, 0.05) is 11.3 Å². The predicted molar refractivity (Wildman–Crippen MR) is 103 cm³/mol. The minimum absolute atomic E-state index is 0.220. The Kier molecular flexibility index (Phi) is 4.50. The smallest absolute Gasteiger partial charge is 0.248 e. The van der Waals surface area contributed by atoms with Gasteiger partial charge in [0.25, 0.3) is 0 Å². The van der Waals surface area contributed by atoms with E-state index in [-0.39, 0.29) is 6.04 Å². The minimum Gasteiger partial charge on any atom is -0.497 e. The van der Waals surface area contributed by atoms with Crippen LogP contribution in [0.15, 0.2) is 48.5 Å². The molecule has 1 aliphatic rings. The van der Waals surface area contributed by atoms with Gasteiger partial charge in [0.2, 0.25) is 5.95 Å². The highest BCUT2D eigenvalue weighted by Gasteiger charge is 2.27. The largest absolute Gasteiger partial charge is 0.497 e. The number of allylic oxidation sites excluding steroid dienone is 1. The number of aryl methyl sites for hydroxylation is 1. The number of nitrogens with one attached hydrogen (secondary N) is 1. The third kappa shape index (κ3) is 3.12. The molecule has 3 aromatic rings. The Morgan fingerprint density at radius 1 is 1.07 bits per heavy atom. The first-order valence-corrected chi connectivity index (χ1v) is 8.81. The second kappa shape index (κ2) is 7.11. The van der Waals surface area contributed by atoms with Crippen LogP contribution >= 0.6 is 0 Å². The van der Waals surface area contributed by atoms with E-state index in [9.17, 15) is 0 Å². The molecular formula is C20H21N5O2. The van der Waals surface area contributed by atoms with E-state index in [4.69, 9.17) is 9.47 Å². The number of nitrogens with zero attached hydrogens (tertiary/aromatic N) is 4. The Bertz CT molecular complexity index is 978. The van der Waals surface area contributed by atoms with Crippen molar-refractivity contribution in [3.8, 4) is 11.5 Å². The summed E-state index contributed by atoms with van der Waals surface area (Å²) in [5.74, 6) is 2.09. The molecule has 1 aliphatic heterocycles. The lowest BCUT2D eigenvalue weighted by molar-refractivity contribution is 0.393. The van der Waals surface area contributed by atoms with E-state index in [2.05, 4.69) is 58.1 Å². The second-order valence-electron chi connectivity index (χ2n) is 6.26. The molecule has 7 nitrogen and oxygen atoms in total. The standard InChI is InChI=1S/C20H21N5O2/c1-4-13-5-7-14(8-6-13)17-12-18(25-20(21-17)22-23-24-25)16-11-15(26-2)9-10-19(16)27-3/h5-12,18H,4H2,1-3H3,(H,21,22,24).